The molecule has 6 amide bonds. The number of carbonyl (C=O) groups excluding carboxylic acids is 5. The van der Waals surface area contributed by atoms with Gasteiger partial charge in [0.1, 0.15) is 29.5 Å². The number of hydrogen-bond donors (Lipinski definition) is 6. The van der Waals surface area contributed by atoms with E-state index in [0.29, 0.717) is 48.3 Å². The molecule has 2 unspecified atom stereocenters. The zero-order valence-corrected chi connectivity index (χ0v) is 45.7. The molecule has 0 radical (unpaired) electrons. The van der Waals surface area contributed by atoms with E-state index < -0.39 is 108 Å². The van der Waals surface area contributed by atoms with E-state index in [0.717, 1.165) is 71.3 Å². The van der Waals surface area contributed by atoms with Crippen LogP contribution in [-0.2, 0) is 32.0 Å². The molecule has 0 aliphatic carbocycles. The Morgan fingerprint density at radius 3 is 1.78 bits per heavy atom. The highest BCUT2D eigenvalue weighted by atomic mass is 19.4. The van der Waals surface area contributed by atoms with Gasteiger partial charge in [0.2, 0.25) is 11.8 Å². The smallest absolute Gasteiger partial charge is 0.407 e. The number of aliphatic hydroxyl groups is 1. The number of ether oxygens (including phenoxy) is 2. The van der Waals surface area contributed by atoms with Crippen molar-refractivity contribution in [3.05, 3.63) is 101 Å². The number of fused-ring (bicyclic) bond motifs is 2. The summed E-state index contributed by atoms with van der Waals surface area (Å²) in [5, 5.41) is 23.7. The Bertz CT molecular complexity index is 2910. The molecule has 2 aromatic heterocycles. The highest BCUT2D eigenvalue weighted by Gasteiger charge is 2.57. The highest BCUT2D eigenvalue weighted by molar-refractivity contribution is 5.87. The standard InChI is InChI=1S/C45H50F7N9O5.C8H13F3N2O3/c1-44(2,45(50,51)52)39(57-42(64)66-5)40(63)56-36(37(62)22-53-21-33-34(46)17-29(18-35(33)47)30-20-55-60(23-30)41(48)49)16-27-9-6-26(7-10-27)8-11-28-12-15-38(54-19-28)59-24-31-13-14-32(25-59)61(31)43(65)58(3)4;1-7(2,8(9,10)11)4(5(12)14)13-6(15)16-3/h6-7,9-10,12,15,17-20,23,31-32,36-37,39,41,53,62H,13-14,16,21-22,24-25H2,1-5H3,(H,56,63)(H,57,64);4H,1-3H3,(H2,12,14)(H,13,15)/t31?,32?,36-,37-,39+;4-/m01/s1. The van der Waals surface area contributed by atoms with Gasteiger partial charge in [-0.2, -0.15) is 40.2 Å². The number of carbonyl (C=O) groups is 5. The summed E-state index contributed by atoms with van der Waals surface area (Å²) in [7, 11) is 5.38. The fraction of sp³-hybridized carbons (Fsp3) is 0.491. The van der Waals surface area contributed by atoms with Crippen LogP contribution in [0.1, 0.15) is 69.3 Å². The molecule has 2 aliphatic rings. The third-order valence-electron chi connectivity index (χ3n) is 14.0. The Labute approximate surface area is 465 Å². The van der Waals surface area contributed by atoms with Crippen LogP contribution >= 0.6 is 0 Å². The second-order valence-corrected chi connectivity index (χ2v) is 20.6. The first-order chi connectivity index (χ1) is 38.2. The average Bonchev–Trinajstić information content (AvgIpc) is 4.03. The number of primary amides is 1. The van der Waals surface area contributed by atoms with E-state index in [1.165, 1.54) is 0 Å². The molecule has 0 spiro atoms. The summed E-state index contributed by atoms with van der Waals surface area (Å²) in [5.74, 6) is 2.23. The van der Waals surface area contributed by atoms with Gasteiger partial charge >= 0.3 is 37.1 Å². The third-order valence-corrected chi connectivity index (χ3v) is 14.0. The fourth-order valence-electron chi connectivity index (χ4n) is 8.83. The largest absolute Gasteiger partial charge is 0.453 e. The van der Waals surface area contributed by atoms with Crippen LogP contribution in [0.25, 0.3) is 11.1 Å². The van der Waals surface area contributed by atoms with E-state index in [4.69, 9.17) is 5.73 Å². The maximum absolute atomic E-state index is 15.1. The Balaban J connectivity index is 0.000000669. The number of halogens is 10. The number of nitrogens with zero attached hydrogens (tertiary/aromatic N) is 6. The number of alkyl carbamates (subject to hydrolysis) is 2. The van der Waals surface area contributed by atoms with Crippen LogP contribution in [0, 0.1) is 34.3 Å². The second kappa shape index (κ2) is 26.8. The normalized spacial score (nSPS) is 16.8. The number of hydrogen-bond acceptors (Lipinski definition) is 12. The number of piperazine rings is 1. The molecule has 2 aromatic carbocycles. The van der Waals surface area contributed by atoms with Crippen molar-refractivity contribution in [2.45, 2.75) is 109 Å². The summed E-state index contributed by atoms with van der Waals surface area (Å²) >= 11 is 0. The number of pyridine rings is 1. The van der Waals surface area contributed by atoms with Gasteiger partial charge in [0.15, 0.2) is 0 Å². The third kappa shape index (κ3) is 16.0. The summed E-state index contributed by atoms with van der Waals surface area (Å²) in [6.07, 6.45) is -8.41. The maximum Gasteiger partial charge on any atom is 0.407 e. The van der Waals surface area contributed by atoms with Crippen molar-refractivity contribution in [1.82, 2.24) is 45.8 Å². The lowest BCUT2D eigenvalue weighted by molar-refractivity contribution is -0.220. The zero-order chi connectivity index (χ0) is 61.2. The Kier molecular flexibility index (Phi) is 21.2. The molecule has 29 heteroatoms. The summed E-state index contributed by atoms with van der Waals surface area (Å²) in [6.45, 7) is 0.403. The van der Waals surface area contributed by atoms with E-state index in [1.807, 2.05) is 22.3 Å². The van der Waals surface area contributed by atoms with Gasteiger partial charge in [-0.05, 0) is 94.5 Å². The first kappa shape index (κ1) is 64.9. The number of aromatic nitrogens is 3. The monoisotopic (exact) mass is 1170 g/mol. The first-order valence-corrected chi connectivity index (χ1v) is 25.1. The molecule has 2 saturated heterocycles. The molecule has 7 N–H and O–H groups in total. The first-order valence-electron chi connectivity index (χ1n) is 25.1. The summed E-state index contributed by atoms with van der Waals surface area (Å²) in [5.41, 5.74) is 0.745. The molecule has 2 fully saturated rings. The van der Waals surface area contributed by atoms with E-state index >= 15 is 8.78 Å². The Morgan fingerprint density at radius 1 is 0.780 bits per heavy atom. The number of alkyl halides is 8. The van der Waals surface area contributed by atoms with Gasteiger partial charge in [0.25, 0.3) is 0 Å². The lowest BCUT2D eigenvalue weighted by Crippen LogP contribution is -2.62. The fourth-order valence-corrected chi connectivity index (χ4v) is 8.83. The minimum atomic E-state index is -4.99. The molecule has 82 heavy (non-hydrogen) atoms. The van der Waals surface area contributed by atoms with Crippen molar-refractivity contribution in [2.75, 3.05) is 52.8 Å². The zero-order valence-electron chi connectivity index (χ0n) is 45.7. The SMILES string of the molecule is COC(=O)N[C@H](C(=O)N[C@@H](Cc1ccc(C#Cc2ccc(N3CC4CCC(C3)N4C(=O)N(C)C)nc2)cc1)[C@@H](O)CNCc1c(F)cc(-c2cnn(C(F)F)c2)cc1F)C(C)(C)C(F)(F)F.COC(=O)N[C@H](C(N)=O)C(C)(C)C(F)(F)F. The molecule has 2 aliphatic heterocycles. The topological polar surface area (TPSA) is 239 Å². The van der Waals surface area contributed by atoms with Crippen molar-refractivity contribution in [1.29, 1.82) is 0 Å². The molecule has 0 saturated carbocycles. The minimum Gasteiger partial charge on any atom is -0.453 e. The van der Waals surface area contributed by atoms with Crippen molar-refractivity contribution in [2.24, 2.45) is 16.6 Å². The van der Waals surface area contributed by atoms with E-state index in [9.17, 15) is 64.2 Å². The molecule has 4 heterocycles. The van der Waals surface area contributed by atoms with Gasteiger partial charge in [0.05, 0.1) is 55.5 Å². The van der Waals surface area contributed by atoms with Crippen molar-refractivity contribution in [3.63, 3.8) is 0 Å². The number of nitrogens with two attached hydrogens (primary N) is 1. The van der Waals surface area contributed by atoms with Gasteiger partial charge in [-0.15, -0.1) is 0 Å². The van der Waals surface area contributed by atoms with E-state index in [-0.39, 0.29) is 35.7 Å². The van der Waals surface area contributed by atoms with Gasteiger partial charge in [-0.1, -0.05) is 24.0 Å². The van der Waals surface area contributed by atoms with Crippen LogP contribution in [0.15, 0.2) is 67.1 Å². The van der Waals surface area contributed by atoms with Crippen molar-refractivity contribution < 1.29 is 82.5 Å². The molecule has 4 aromatic rings. The second-order valence-electron chi connectivity index (χ2n) is 20.6. The summed E-state index contributed by atoms with van der Waals surface area (Å²) in [6, 6.07) is 6.98. The number of benzene rings is 2. The van der Waals surface area contributed by atoms with E-state index in [2.05, 4.69) is 46.9 Å². The number of amides is 6. The molecule has 6 rings (SSSR count). The van der Waals surface area contributed by atoms with E-state index in [1.54, 1.807) is 54.8 Å². The summed E-state index contributed by atoms with van der Waals surface area (Å²) in [4.78, 5) is 70.5. The quantitative estimate of drug-likeness (QED) is 0.0483. The maximum atomic E-state index is 15.1. The molecule has 6 atom stereocenters. The predicted octanol–water partition coefficient (Wildman–Crippen LogP) is 6.63. The van der Waals surface area contributed by atoms with Crippen LogP contribution in [0.3, 0.4) is 0 Å². The predicted molar refractivity (Wildman–Crippen MR) is 276 cm³/mol. The molecule has 2 bridgehead atoms. The van der Waals surface area contributed by atoms with Crippen molar-refractivity contribution >= 4 is 35.8 Å². The molecular weight excluding hydrogens is 1110 g/mol. The van der Waals surface area contributed by atoms with Crippen LogP contribution < -0.4 is 31.9 Å². The Morgan fingerprint density at radius 2 is 1.30 bits per heavy atom. The molecular formula is C53H63F10N11O8. The summed E-state index contributed by atoms with van der Waals surface area (Å²) < 4.78 is 146. The van der Waals surface area contributed by atoms with Gasteiger partial charge in [0, 0.05) is 74.9 Å². The number of nitrogens with one attached hydrogen (secondary N) is 4. The number of urea groups is 1. The van der Waals surface area contributed by atoms with Gasteiger partial charge in [-0.25, -0.2) is 32.8 Å². The lowest BCUT2D eigenvalue weighted by atomic mass is 9.82. The Hall–Kier alpha value is -7.87. The minimum absolute atomic E-state index is 0.0111. The molecule has 19 nitrogen and oxygen atoms in total. The highest BCUT2D eigenvalue weighted by Crippen LogP contribution is 2.42. The lowest BCUT2D eigenvalue weighted by Gasteiger charge is -2.42. The van der Waals surface area contributed by atoms with Crippen molar-refractivity contribution in [3.8, 4) is 23.0 Å². The number of methoxy groups -OCH3 is 2. The average molecular weight is 1170 g/mol. The number of anilines is 1. The number of rotatable bonds is 17. The van der Waals surface area contributed by atoms with Gasteiger partial charge in [-0.3, -0.25) is 9.59 Å². The van der Waals surface area contributed by atoms with Gasteiger partial charge < -0.3 is 56.3 Å². The van der Waals surface area contributed by atoms with Crippen LogP contribution in [-0.4, -0.2) is 156 Å². The van der Waals surface area contributed by atoms with Crippen LogP contribution in [0.4, 0.5) is 64.1 Å². The van der Waals surface area contributed by atoms with Crippen LogP contribution in [0.5, 0.6) is 0 Å². The molecule has 448 valence electrons. The van der Waals surface area contributed by atoms with Crippen LogP contribution in [0.2, 0.25) is 0 Å². The number of aliphatic hydroxyl groups excluding tert-OH is 1.